The molecule has 1 aromatic carbocycles. The van der Waals surface area contributed by atoms with Crippen LogP contribution in [0.15, 0.2) is 30.3 Å². The minimum Gasteiger partial charge on any atom is -0.459 e. The molecule has 1 atom stereocenters. The van der Waals surface area contributed by atoms with Crippen LogP contribution in [0.4, 0.5) is 0 Å². The Bertz CT molecular complexity index is 361. The molecule has 0 saturated carbocycles. The molecule has 0 aliphatic heterocycles. The van der Waals surface area contributed by atoms with E-state index in [9.17, 15) is 9.90 Å². The van der Waals surface area contributed by atoms with E-state index in [1.807, 2.05) is 0 Å². The third-order valence-electron chi connectivity index (χ3n) is 2.81. The summed E-state index contributed by atoms with van der Waals surface area (Å²) in [6.45, 7) is 2.86. The summed E-state index contributed by atoms with van der Waals surface area (Å²) in [4.78, 5) is 11.6. The number of benzene rings is 1. The Morgan fingerprint density at radius 2 is 1.94 bits per heavy atom. The van der Waals surface area contributed by atoms with Crippen molar-refractivity contribution in [3.05, 3.63) is 35.9 Å². The van der Waals surface area contributed by atoms with E-state index < -0.39 is 18.2 Å². The van der Waals surface area contributed by atoms with Gasteiger partial charge in [-0.2, -0.15) is 0 Å². The van der Waals surface area contributed by atoms with Gasteiger partial charge in [0.15, 0.2) is 0 Å². The molecule has 0 fully saturated rings. The minimum absolute atomic E-state index is 0.198. The standard InChI is InChI=1S/C13H18O4/c1-10(2)13(16,8-14)9-17-12(15)11-6-4-3-5-7-11/h3-7,10,14,16H,8-9H2,1-2H3/t13-/m1/s1. The molecular formula is C13H18O4. The van der Waals surface area contributed by atoms with Crippen LogP contribution in [0, 0.1) is 5.92 Å². The van der Waals surface area contributed by atoms with E-state index in [0.717, 1.165) is 0 Å². The average molecular weight is 238 g/mol. The summed E-state index contributed by atoms with van der Waals surface area (Å²) in [5.74, 6) is -0.700. The normalized spacial score (nSPS) is 14.4. The van der Waals surface area contributed by atoms with E-state index in [1.165, 1.54) is 0 Å². The van der Waals surface area contributed by atoms with Gasteiger partial charge in [-0.25, -0.2) is 4.79 Å². The van der Waals surface area contributed by atoms with E-state index in [0.29, 0.717) is 5.56 Å². The second kappa shape index (κ2) is 5.80. The summed E-state index contributed by atoms with van der Waals surface area (Å²) in [6.07, 6.45) is 0. The zero-order valence-electron chi connectivity index (χ0n) is 10.1. The highest BCUT2D eigenvalue weighted by atomic mass is 16.5. The Labute approximate surface area is 101 Å². The molecule has 0 radical (unpaired) electrons. The molecule has 2 N–H and O–H groups in total. The predicted molar refractivity (Wildman–Crippen MR) is 63.6 cm³/mol. The highest BCUT2D eigenvalue weighted by Gasteiger charge is 2.32. The lowest BCUT2D eigenvalue weighted by atomic mass is 9.92. The maximum Gasteiger partial charge on any atom is 0.338 e. The lowest BCUT2D eigenvalue weighted by molar-refractivity contribution is -0.0916. The molecule has 0 aliphatic rings. The van der Waals surface area contributed by atoms with Gasteiger partial charge in [0, 0.05) is 0 Å². The van der Waals surface area contributed by atoms with Gasteiger partial charge in [-0.1, -0.05) is 32.0 Å². The van der Waals surface area contributed by atoms with Gasteiger partial charge in [-0.3, -0.25) is 0 Å². The van der Waals surface area contributed by atoms with Crippen molar-refractivity contribution in [2.24, 2.45) is 5.92 Å². The summed E-state index contributed by atoms with van der Waals surface area (Å²) in [5.41, 5.74) is -0.957. The van der Waals surface area contributed by atoms with E-state index >= 15 is 0 Å². The van der Waals surface area contributed by atoms with Crippen LogP contribution in [0.2, 0.25) is 0 Å². The fourth-order valence-corrected chi connectivity index (χ4v) is 1.24. The van der Waals surface area contributed by atoms with Crippen LogP contribution in [0.25, 0.3) is 0 Å². The molecule has 0 aromatic heterocycles. The summed E-state index contributed by atoms with van der Waals surface area (Å²) < 4.78 is 5.00. The molecule has 1 rings (SSSR count). The van der Waals surface area contributed by atoms with Gasteiger partial charge in [0.25, 0.3) is 0 Å². The van der Waals surface area contributed by atoms with Crippen molar-refractivity contribution in [1.82, 2.24) is 0 Å². The van der Waals surface area contributed by atoms with Crippen molar-refractivity contribution >= 4 is 5.97 Å². The van der Waals surface area contributed by atoms with Gasteiger partial charge in [0.1, 0.15) is 12.2 Å². The number of hydrogen-bond acceptors (Lipinski definition) is 4. The summed E-state index contributed by atoms with van der Waals surface area (Å²) in [5, 5.41) is 19.1. The molecule has 0 bridgehead atoms. The summed E-state index contributed by atoms with van der Waals surface area (Å²) >= 11 is 0. The highest BCUT2D eigenvalue weighted by molar-refractivity contribution is 5.89. The fourth-order valence-electron chi connectivity index (χ4n) is 1.24. The molecule has 0 spiro atoms. The third kappa shape index (κ3) is 3.54. The first kappa shape index (κ1) is 13.7. The van der Waals surface area contributed by atoms with Crippen molar-refractivity contribution in [2.75, 3.05) is 13.2 Å². The van der Waals surface area contributed by atoms with Crippen LogP contribution in [-0.4, -0.2) is 35.0 Å². The van der Waals surface area contributed by atoms with Crippen molar-refractivity contribution < 1.29 is 19.7 Å². The number of hydrogen-bond donors (Lipinski definition) is 2. The maximum absolute atomic E-state index is 11.6. The average Bonchev–Trinajstić information content (AvgIpc) is 2.36. The van der Waals surface area contributed by atoms with Crippen LogP contribution in [0.5, 0.6) is 0 Å². The van der Waals surface area contributed by atoms with Crippen LogP contribution in [0.3, 0.4) is 0 Å². The smallest absolute Gasteiger partial charge is 0.338 e. The zero-order chi connectivity index (χ0) is 12.9. The Kier molecular flexibility index (Phi) is 4.66. The van der Waals surface area contributed by atoms with Crippen molar-refractivity contribution in [2.45, 2.75) is 19.4 Å². The van der Waals surface area contributed by atoms with Gasteiger partial charge >= 0.3 is 5.97 Å². The molecule has 17 heavy (non-hydrogen) atoms. The first-order valence-corrected chi connectivity index (χ1v) is 5.55. The second-order valence-corrected chi connectivity index (χ2v) is 4.36. The van der Waals surface area contributed by atoms with Gasteiger partial charge in [-0.15, -0.1) is 0 Å². The van der Waals surface area contributed by atoms with Crippen LogP contribution in [0.1, 0.15) is 24.2 Å². The third-order valence-corrected chi connectivity index (χ3v) is 2.81. The summed E-state index contributed by atoms with van der Waals surface area (Å²) in [7, 11) is 0. The maximum atomic E-state index is 11.6. The number of aliphatic hydroxyl groups is 2. The quantitative estimate of drug-likeness (QED) is 0.757. The monoisotopic (exact) mass is 238 g/mol. The van der Waals surface area contributed by atoms with Gasteiger partial charge < -0.3 is 14.9 Å². The lowest BCUT2D eigenvalue weighted by Crippen LogP contribution is -2.44. The predicted octanol–water partition coefficient (Wildman–Crippen LogP) is 1.22. The van der Waals surface area contributed by atoms with Gasteiger partial charge in [-0.05, 0) is 18.1 Å². The Morgan fingerprint density at radius 3 is 2.41 bits per heavy atom. The number of aliphatic hydroxyl groups excluding tert-OH is 1. The van der Waals surface area contributed by atoms with Gasteiger partial charge in [0.2, 0.25) is 0 Å². The Morgan fingerprint density at radius 1 is 1.35 bits per heavy atom. The molecule has 4 heteroatoms. The molecule has 0 heterocycles. The SMILES string of the molecule is CC(C)[C@@](O)(CO)COC(=O)c1ccccc1. The van der Waals surface area contributed by atoms with Crippen molar-refractivity contribution in [3.63, 3.8) is 0 Å². The van der Waals surface area contributed by atoms with Crippen LogP contribution in [-0.2, 0) is 4.74 Å². The number of carbonyl (C=O) groups is 1. The zero-order valence-corrected chi connectivity index (χ0v) is 10.1. The first-order chi connectivity index (χ1) is 7.99. The van der Waals surface area contributed by atoms with E-state index in [2.05, 4.69) is 0 Å². The van der Waals surface area contributed by atoms with E-state index in [-0.39, 0.29) is 12.5 Å². The molecule has 94 valence electrons. The van der Waals surface area contributed by atoms with Crippen molar-refractivity contribution in [1.29, 1.82) is 0 Å². The molecule has 4 nitrogen and oxygen atoms in total. The minimum atomic E-state index is -1.38. The molecule has 0 unspecified atom stereocenters. The number of ether oxygens (including phenoxy) is 1. The molecule has 0 aliphatic carbocycles. The summed E-state index contributed by atoms with van der Waals surface area (Å²) in [6, 6.07) is 8.54. The topological polar surface area (TPSA) is 66.8 Å². The van der Waals surface area contributed by atoms with E-state index in [1.54, 1.807) is 44.2 Å². The largest absolute Gasteiger partial charge is 0.459 e. The first-order valence-electron chi connectivity index (χ1n) is 5.55. The van der Waals surface area contributed by atoms with Crippen LogP contribution >= 0.6 is 0 Å². The highest BCUT2D eigenvalue weighted by Crippen LogP contribution is 2.17. The van der Waals surface area contributed by atoms with Crippen molar-refractivity contribution in [3.8, 4) is 0 Å². The Hall–Kier alpha value is -1.39. The molecule has 0 amide bonds. The number of rotatable bonds is 5. The Balaban J connectivity index is 2.59. The molecular weight excluding hydrogens is 220 g/mol. The van der Waals surface area contributed by atoms with E-state index in [4.69, 9.17) is 9.84 Å². The fraction of sp³-hybridized carbons (Fsp3) is 0.462. The second-order valence-electron chi connectivity index (χ2n) is 4.36. The number of esters is 1. The molecule has 1 aromatic rings. The lowest BCUT2D eigenvalue weighted by Gasteiger charge is -2.29. The number of carbonyl (C=O) groups excluding carboxylic acids is 1. The van der Waals surface area contributed by atoms with Crippen LogP contribution < -0.4 is 0 Å². The molecule has 0 saturated heterocycles. The van der Waals surface area contributed by atoms with Gasteiger partial charge in [0.05, 0.1) is 12.2 Å².